The highest BCUT2D eigenvalue weighted by Gasteiger charge is 2.20. The second-order valence-corrected chi connectivity index (χ2v) is 7.60. The number of benzene rings is 2. The standard InChI is InChI=1S/C16H16N4O5S/c1-10-4-6-12(9-14(10)20(22)23)26(24,25)17-11-5-7-13-15(8-11)19(3)16(21)18(13)2/h4-9,17H,1-3H3. The summed E-state index contributed by atoms with van der Waals surface area (Å²) in [4.78, 5) is 22.2. The first-order chi connectivity index (χ1) is 12.1. The predicted molar refractivity (Wildman–Crippen MR) is 96.8 cm³/mol. The minimum absolute atomic E-state index is 0.211. The third-order valence-corrected chi connectivity index (χ3v) is 5.59. The molecule has 2 aromatic carbocycles. The Bertz CT molecular complexity index is 1210. The van der Waals surface area contributed by atoms with E-state index >= 15 is 0 Å². The van der Waals surface area contributed by atoms with Gasteiger partial charge < -0.3 is 0 Å². The molecule has 136 valence electrons. The van der Waals surface area contributed by atoms with E-state index < -0.39 is 14.9 Å². The number of rotatable bonds is 4. The maximum atomic E-state index is 12.6. The van der Waals surface area contributed by atoms with Crippen LogP contribution < -0.4 is 10.4 Å². The van der Waals surface area contributed by atoms with Crippen LogP contribution in [0.2, 0.25) is 0 Å². The fraction of sp³-hybridized carbons (Fsp3) is 0.188. The first kappa shape index (κ1) is 17.7. The molecule has 0 amide bonds. The highest BCUT2D eigenvalue weighted by atomic mass is 32.2. The van der Waals surface area contributed by atoms with Crippen molar-refractivity contribution in [1.82, 2.24) is 9.13 Å². The molecule has 1 aromatic heterocycles. The zero-order valence-electron chi connectivity index (χ0n) is 14.3. The second-order valence-electron chi connectivity index (χ2n) is 5.92. The molecular formula is C16H16N4O5S. The van der Waals surface area contributed by atoms with Crippen molar-refractivity contribution in [1.29, 1.82) is 0 Å². The molecule has 3 rings (SSSR count). The average Bonchev–Trinajstić information content (AvgIpc) is 2.79. The van der Waals surface area contributed by atoms with E-state index in [2.05, 4.69) is 4.72 Å². The zero-order chi connectivity index (χ0) is 19.2. The van der Waals surface area contributed by atoms with E-state index in [1.807, 2.05) is 0 Å². The smallest absolute Gasteiger partial charge is 0.295 e. The van der Waals surface area contributed by atoms with Crippen LogP contribution in [0.3, 0.4) is 0 Å². The van der Waals surface area contributed by atoms with Gasteiger partial charge in [-0.1, -0.05) is 6.07 Å². The Morgan fingerprint density at radius 2 is 1.69 bits per heavy atom. The van der Waals surface area contributed by atoms with Crippen LogP contribution in [0.4, 0.5) is 11.4 Å². The lowest BCUT2D eigenvalue weighted by atomic mass is 10.2. The van der Waals surface area contributed by atoms with Crippen molar-refractivity contribution < 1.29 is 13.3 Å². The van der Waals surface area contributed by atoms with Gasteiger partial charge in [-0.15, -0.1) is 0 Å². The number of nitro groups is 1. The summed E-state index contributed by atoms with van der Waals surface area (Å²) in [5.74, 6) is 0. The molecule has 10 heteroatoms. The van der Waals surface area contributed by atoms with E-state index in [0.717, 1.165) is 6.07 Å². The first-order valence-electron chi connectivity index (χ1n) is 7.55. The summed E-state index contributed by atoms with van der Waals surface area (Å²) in [7, 11) is -0.805. The van der Waals surface area contributed by atoms with Gasteiger partial charge >= 0.3 is 5.69 Å². The SMILES string of the molecule is Cc1ccc(S(=O)(=O)Nc2ccc3c(c2)n(C)c(=O)n3C)cc1[N+](=O)[O-]. The number of aryl methyl sites for hydroxylation is 3. The van der Waals surface area contributed by atoms with Crippen LogP contribution in [-0.2, 0) is 24.1 Å². The highest BCUT2D eigenvalue weighted by molar-refractivity contribution is 7.92. The predicted octanol–water partition coefficient (Wildman–Crippen LogP) is 1.89. The fourth-order valence-electron chi connectivity index (χ4n) is 2.74. The quantitative estimate of drug-likeness (QED) is 0.551. The Balaban J connectivity index is 2.04. The molecule has 0 saturated carbocycles. The van der Waals surface area contributed by atoms with Gasteiger partial charge in [-0.05, 0) is 31.2 Å². The molecule has 0 aliphatic heterocycles. The number of fused-ring (bicyclic) bond motifs is 1. The van der Waals surface area contributed by atoms with Gasteiger partial charge in [-0.2, -0.15) is 0 Å². The molecule has 0 spiro atoms. The molecule has 0 saturated heterocycles. The van der Waals surface area contributed by atoms with Gasteiger partial charge in [0, 0.05) is 25.7 Å². The lowest BCUT2D eigenvalue weighted by molar-refractivity contribution is -0.385. The lowest BCUT2D eigenvalue weighted by Gasteiger charge is -2.09. The Hall–Kier alpha value is -3.14. The third kappa shape index (κ3) is 2.84. The minimum Gasteiger partial charge on any atom is -0.295 e. The largest absolute Gasteiger partial charge is 0.328 e. The van der Waals surface area contributed by atoms with Gasteiger partial charge in [0.2, 0.25) is 0 Å². The monoisotopic (exact) mass is 376 g/mol. The lowest BCUT2D eigenvalue weighted by Crippen LogP contribution is -2.19. The van der Waals surface area contributed by atoms with Crippen LogP contribution in [0.25, 0.3) is 11.0 Å². The normalized spacial score (nSPS) is 11.7. The van der Waals surface area contributed by atoms with E-state index in [1.165, 1.54) is 40.3 Å². The minimum atomic E-state index is -4.02. The number of imidazole rings is 1. The fourth-order valence-corrected chi connectivity index (χ4v) is 3.81. The average molecular weight is 376 g/mol. The summed E-state index contributed by atoms with van der Waals surface area (Å²) in [5.41, 5.74) is 1.35. The van der Waals surface area contributed by atoms with Crippen LogP contribution in [0.5, 0.6) is 0 Å². The van der Waals surface area contributed by atoms with E-state index in [-0.39, 0.29) is 22.0 Å². The Morgan fingerprint density at radius 1 is 1.04 bits per heavy atom. The Labute approximate surface area is 148 Å². The number of sulfonamides is 1. The number of anilines is 1. The van der Waals surface area contributed by atoms with Crippen LogP contribution in [0, 0.1) is 17.0 Å². The maximum absolute atomic E-state index is 12.6. The summed E-state index contributed by atoms with van der Waals surface area (Å²) < 4.78 is 30.4. The number of hydrogen-bond acceptors (Lipinski definition) is 5. The summed E-state index contributed by atoms with van der Waals surface area (Å²) in [6, 6.07) is 8.41. The van der Waals surface area contributed by atoms with Crippen LogP contribution in [0.1, 0.15) is 5.56 Å². The van der Waals surface area contributed by atoms with Crippen LogP contribution >= 0.6 is 0 Å². The van der Waals surface area contributed by atoms with Gasteiger partial charge in [0.25, 0.3) is 15.7 Å². The molecular weight excluding hydrogens is 360 g/mol. The van der Waals surface area contributed by atoms with Gasteiger partial charge in [0.1, 0.15) is 0 Å². The molecule has 1 N–H and O–H groups in total. The van der Waals surface area contributed by atoms with Crippen LogP contribution in [-0.4, -0.2) is 22.5 Å². The van der Waals surface area contributed by atoms with Crippen molar-refractivity contribution in [2.24, 2.45) is 14.1 Å². The van der Waals surface area contributed by atoms with E-state index in [1.54, 1.807) is 20.2 Å². The van der Waals surface area contributed by atoms with Crippen LogP contribution in [0.15, 0.2) is 46.1 Å². The van der Waals surface area contributed by atoms with Gasteiger partial charge in [-0.3, -0.25) is 24.0 Å². The van der Waals surface area contributed by atoms with E-state index in [0.29, 0.717) is 16.6 Å². The summed E-state index contributed by atoms with van der Waals surface area (Å²) >= 11 is 0. The van der Waals surface area contributed by atoms with Gasteiger partial charge in [-0.25, -0.2) is 13.2 Å². The van der Waals surface area contributed by atoms with Gasteiger partial charge in [0.05, 0.1) is 26.5 Å². The molecule has 3 aromatic rings. The van der Waals surface area contributed by atoms with Crippen molar-refractivity contribution in [2.45, 2.75) is 11.8 Å². The topological polar surface area (TPSA) is 116 Å². The zero-order valence-corrected chi connectivity index (χ0v) is 15.1. The molecule has 0 radical (unpaired) electrons. The molecule has 9 nitrogen and oxygen atoms in total. The molecule has 0 bridgehead atoms. The number of nitro benzene ring substituents is 1. The molecule has 0 fully saturated rings. The molecule has 1 heterocycles. The number of hydrogen-bond donors (Lipinski definition) is 1. The summed E-state index contributed by atoms with van der Waals surface area (Å²) in [6.45, 7) is 1.53. The molecule has 26 heavy (non-hydrogen) atoms. The molecule has 0 aliphatic rings. The highest BCUT2D eigenvalue weighted by Crippen LogP contribution is 2.25. The maximum Gasteiger partial charge on any atom is 0.328 e. The van der Waals surface area contributed by atoms with E-state index in [9.17, 15) is 23.3 Å². The summed E-state index contributed by atoms with van der Waals surface area (Å²) in [6.07, 6.45) is 0. The molecule has 0 atom stereocenters. The number of nitrogens with one attached hydrogen (secondary N) is 1. The van der Waals surface area contributed by atoms with Crippen molar-refractivity contribution >= 4 is 32.4 Å². The third-order valence-electron chi connectivity index (χ3n) is 4.21. The second kappa shape index (κ2) is 5.99. The number of nitrogens with zero attached hydrogens (tertiary/aromatic N) is 3. The first-order valence-corrected chi connectivity index (χ1v) is 9.03. The van der Waals surface area contributed by atoms with Gasteiger partial charge in [0.15, 0.2) is 0 Å². The van der Waals surface area contributed by atoms with E-state index in [4.69, 9.17) is 0 Å². The molecule has 0 aliphatic carbocycles. The van der Waals surface area contributed by atoms with Crippen molar-refractivity contribution in [3.8, 4) is 0 Å². The molecule has 0 unspecified atom stereocenters. The Kier molecular flexibility index (Phi) is 4.07. The number of aromatic nitrogens is 2. The Morgan fingerprint density at radius 3 is 2.35 bits per heavy atom. The van der Waals surface area contributed by atoms with Crippen molar-refractivity contribution in [3.63, 3.8) is 0 Å². The summed E-state index contributed by atoms with van der Waals surface area (Å²) in [5, 5.41) is 11.0. The van der Waals surface area contributed by atoms with Crippen molar-refractivity contribution in [2.75, 3.05) is 4.72 Å². The van der Waals surface area contributed by atoms with Crippen molar-refractivity contribution in [3.05, 3.63) is 62.6 Å².